The number of phenolic OH excluding ortho intramolecular Hbond substituents is 1. The quantitative estimate of drug-likeness (QED) is 0.276. The van der Waals surface area contributed by atoms with Gasteiger partial charge < -0.3 is 19.9 Å². The van der Waals surface area contributed by atoms with Gasteiger partial charge >= 0.3 is 0 Å². The molecule has 0 unspecified atom stereocenters. The topological polar surface area (TPSA) is 109 Å². The molecule has 9 heteroatoms. The van der Waals surface area contributed by atoms with Crippen LogP contribution in [-0.4, -0.2) is 37.4 Å². The summed E-state index contributed by atoms with van der Waals surface area (Å²) in [4.78, 5) is 26.1. The number of hydrazone groups is 1. The van der Waals surface area contributed by atoms with Gasteiger partial charge in [-0.3, -0.25) is 9.59 Å². The summed E-state index contributed by atoms with van der Waals surface area (Å²) in [5.41, 5.74) is 3.38. The first-order valence-corrected chi connectivity index (χ1v) is 10.3. The summed E-state index contributed by atoms with van der Waals surface area (Å²) in [6, 6.07) is 15.3. The van der Waals surface area contributed by atoms with Crippen LogP contribution in [0.3, 0.4) is 0 Å². The zero-order valence-electron chi connectivity index (χ0n) is 17.4. The number of nitrogens with zero attached hydrogens (tertiary/aromatic N) is 1. The molecule has 0 saturated heterocycles. The standard InChI is InChI=1S/C23H21N3O5S/c1-30-19-11-15(12-20(31-2)21(19)27)14-24-26-23(29)18(13-17-9-6-10-32-17)25-22(28)16-7-4-3-5-8-16/h3-14,27H,1-2H3,(H,25,28)(H,26,29)/b18-13?,24-14+. The fraction of sp³-hybridized carbons (Fsp3) is 0.0870. The maximum absolute atomic E-state index is 12.7. The summed E-state index contributed by atoms with van der Waals surface area (Å²) in [5.74, 6) is -0.755. The SMILES string of the molecule is COc1cc(/C=N/NC(=O)C(=Cc2cccs2)NC(=O)c2ccccc2)cc(OC)c1O. The zero-order valence-corrected chi connectivity index (χ0v) is 18.2. The lowest BCUT2D eigenvalue weighted by Crippen LogP contribution is -2.32. The molecule has 0 atom stereocenters. The van der Waals surface area contributed by atoms with Crippen LogP contribution in [-0.2, 0) is 4.79 Å². The minimum atomic E-state index is -0.600. The van der Waals surface area contributed by atoms with Crippen LogP contribution >= 0.6 is 11.3 Å². The average molecular weight is 452 g/mol. The third-order valence-electron chi connectivity index (χ3n) is 4.24. The number of rotatable bonds is 8. The van der Waals surface area contributed by atoms with E-state index in [9.17, 15) is 14.7 Å². The van der Waals surface area contributed by atoms with Gasteiger partial charge in [0.2, 0.25) is 5.75 Å². The summed E-state index contributed by atoms with van der Waals surface area (Å²) < 4.78 is 10.2. The van der Waals surface area contributed by atoms with Gasteiger partial charge in [0.1, 0.15) is 5.70 Å². The smallest absolute Gasteiger partial charge is 0.287 e. The number of aromatic hydroxyl groups is 1. The van der Waals surface area contributed by atoms with Crippen molar-refractivity contribution in [3.8, 4) is 17.2 Å². The lowest BCUT2D eigenvalue weighted by atomic mass is 10.2. The molecule has 2 amide bonds. The van der Waals surface area contributed by atoms with Gasteiger partial charge in [0.05, 0.1) is 20.4 Å². The molecule has 0 bridgehead atoms. The Labute approximate surface area is 188 Å². The predicted molar refractivity (Wildman–Crippen MR) is 123 cm³/mol. The highest BCUT2D eigenvalue weighted by molar-refractivity contribution is 7.10. The van der Waals surface area contributed by atoms with Gasteiger partial charge in [0.15, 0.2) is 11.5 Å². The minimum Gasteiger partial charge on any atom is -0.502 e. The Balaban J connectivity index is 1.78. The van der Waals surface area contributed by atoms with Gasteiger partial charge in [-0.2, -0.15) is 5.10 Å². The molecule has 3 N–H and O–H groups in total. The average Bonchev–Trinajstić information content (AvgIpc) is 3.33. The molecule has 0 aliphatic rings. The number of ether oxygens (including phenoxy) is 2. The van der Waals surface area contributed by atoms with Crippen molar-refractivity contribution in [3.05, 3.63) is 81.7 Å². The molecule has 0 spiro atoms. The van der Waals surface area contributed by atoms with E-state index in [4.69, 9.17) is 9.47 Å². The summed E-state index contributed by atoms with van der Waals surface area (Å²) in [7, 11) is 2.82. The number of phenols is 1. The molecule has 0 saturated carbocycles. The molecule has 32 heavy (non-hydrogen) atoms. The number of carbonyl (C=O) groups excluding carboxylic acids is 2. The second kappa shape index (κ2) is 10.8. The van der Waals surface area contributed by atoms with Crippen molar-refractivity contribution >= 4 is 35.4 Å². The Morgan fingerprint density at radius 1 is 1.03 bits per heavy atom. The highest BCUT2D eigenvalue weighted by Gasteiger charge is 2.15. The molecular formula is C23H21N3O5S. The molecule has 3 rings (SSSR count). The third-order valence-corrected chi connectivity index (χ3v) is 5.06. The number of amides is 2. The lowest BCUT2D eigenvalue weighted by Gasteiger charge is -2.10. The highest BCUT2D eigenvalue weighted by Crippen LogP contribution is 2.36. The van der Waals surface area contributed by atoms with E-state index in [-0.39, 0.29) is 22.9 Å². The Morgan fingerprint density at radius 3 is 2.31 bits per heavy atom. The number of carbonyl (C=O) groups is 2. The van der Waals surface area contributed by atoms with Crippen molar-refractivity contribution in [3.63, 3.8) is 0 Å². The van der Waals surface area contributed by atoms with Crippen molar-refractivity contribution < 1.29 is 24.2 Å². The Bertz CT molecular complexity index is 1120. The van der Waals surface area contributed by atoms with E-state index in [1.54, 1.807) is 36.4 Å². The van der Waals surface area contributed by atoms with Gasteiger partial charge in [-0.25, -0.2) is 5.43 Å². The number of hydrogen-bond acceptors (Lipinski definition) is 7. The van der Waals surface area contributed by atoms with Crippen LogP contribution in [0.2, 0.25) is 0 Å². The van der Waals surface area contributed by atoms with Crippen LogP contribution in [0.1, 0.15) is 20.8 Å². The van der Waals surface area contributed by atoms with Crippen molar-refractivity contribution in [1.82, 2.24) is 10.7 Å². The monoisotopic (exact) mass is 451 g/mol. The van der Waals surface area contributed by atoms with Gasteiger partial charge in [0, 0.05) is 16.0 Å². The number of hydrogen-bond donors (Lipinski definition) is 3. The van der Waals surface area contributed by atoms with E-state index in [1.165, 1.54) is 43.9 Å². The molecule has 0 aliphatic carbocycles. The molecule has 8 nitrogen and oxygen atoms in total. The van der Waals surface area contributed by atoms with Crippen LogP contribution in [0, 0.1) is 0 Å². The molecule has 0 fully saturated rings. The van der Waals surface area contributed by atoms with Gasteiger partial charge in [0.25, 0.3) is 11.8 Å². The summed E-state index contributed by atoms with van der Waals surface area (Å²) in [6.45, 7) is 0. The highest BCUT2D eigenvalue weighted by atomic mass is 32.1. The van der Waals surface area contributed by atoms with Crippen LogP contribution in [0.4, 0.5) is 0 Å². The molecule has 3 aromatic rings. The normalized spacial score (nSPS) is 11.2. The van der Waals surface area contributed by atoms with Crippen LogP contribution in [0.5, 0.6) is 17.2 Å². The van der Waals surface area contributed by atoms with Gasteiger partial charge in [-0.15, -0.1) is 11.3 Å². The van der Waals surface area contributed by atoms with Crippen LogP contribution in [0.25, 0.3) is 6.08 Å². The molecule has 0 aliphatic heterocycles. The zero-order chi connectivity index (χ0) is 22.9. The largest absolute Gasteiger partial charge is 0.502 e. The predicted octanol–water partition coefficient (Wildman–Crippen LogP) is 3.39. The second-order valence-electron chi connectivity index (χ2n) is 6.37. The second-order valence-corrected chi connectivity index (χ2v) is 7.35. The van der Waals surface area contributed by atoms with E-state index in [0.717, 1.165) is 4.88 Å². The van der Waals surface area contributed by atoms with Crippen LogP contribution < -0.4 is 20.2 Å². The Kier molecular flexibility index (Phi) is 7.60. The van der Waals surface area contributed by atoms with Crippen molar-refractivity contribution in [2.75, 3.05) is 14.2 Å². The fourth-order valence-electron chi connectivity index (χ4n) is 2.67. The van der Waals surface area contributed by atoms with Gasteiger partial charge in [-0.05, 0) is 41.8 Å². The van der Waals surface area contributed by atoms with E-state index < -0.39 is 11.8 Å². The van der Waals surface area contributed by atoms with E-state index >= 15 is 0 Å². The number of nitrogens with one attached hydrogen (secondary N) is 2. The first-order chi connectivity index (χ1) is 15.5. The molecule has 1 heterocycles. The van der Waals surface area contributed by atoms with Crippen molar-refractivity contribution in [2.24, 2.45) is 5.10 Å². The molecule has 1 aromatic heterocycles. The van der Waals surface area contributed by atoms with Crippen LogP contribution in [0.15, 0.2) is 70.8 Å². The van der Waals surface area contributed by atoms with E-state index in [0.29, 0.717) is 11.1 Å². The van der Waals surface area contributed by atoms with E-state index in [1.807, 2.05) is 17.5 Å². The Hall–Kier alpha value is -4.11. The molecule has 164 valence electrons. The van der Waals surface area contributed by atoms with Gasteiger partial charge in [-0.1, -0.05) is 24.3 Å². The number of benzene rings is 2. The van der Waals surface area contributed by atoms with Crippen molar-refractivity contribution in [2.45, 2.75) is 0 Å². The lowest BCUT2D eigenvalue weighted by molar-refractivity contribution is -0.117. The molecule has 0 radical (unpaired) electrons. The maximum atomic E-state index is 12.7. The maximum Gasteiger partial charge on any atom is 0.287 e. The summed E-state index contributed by atoms with van der Waals surface area (Å²) in [5, 5.41) is 18.4. The minimum absolute atomic E-state index is 0.0410. The first-order valence-electron chi connectivity index (χ1n) is 9.41. The van der Waals surface area contributed by atoms with Crippen molar-refractivity contribution in [1.29, 1.82) is 0 Å². The Morgan fingerprint density at radius 2 is 1.72 bits per heavy atom. The third kappa shape index (κ3) is 5.73. The molecule has 2 aromatic carbocycles. The first kappa shape index (κ1) is 22.6. The van der Waals surface area contributed by atoms with E-state index in [2.05, 4.69) is 15.8 Å². The fourth-order valence-corrected chi connectivity index (χ4v) is 3.33. The number of methoxy groups -OCH3 is 2. The number of thiophene rings is 1. The summed E-state index contributed by atoms with van der Waals surface area (Å²) in [6.07, 6.45) is 2.94. The summed E-state index contributed by atoms with van der Waals surface area (Å²) >= 11 is 1.42. The molecular weight excluding hydrogens is 430 g/mol.